The highest BCUT2D eigenvalue weighted by molar-refractivity contribution is 6.10. The lowest BCUT2D eigenvalue weighted by molar-refractivity contribution is -0.119. The van der Waals surface area contributed by atoms with E-state index in [1.165, 1.54) is 0 Å². The summed E-state index contributed by atoms with van der Waals surface area (Å²) >= 11 is 0. The molecule has 1 heterocycles. The van der Waals surface area contributed by atoms with Gasteiger partial charge in [0.15, 0.2) is 0 Å². The number of carbonyl (C=O) groups is 1. The Morgan fingerprint density at radius 3 is 2.47 bits per heavy atom. The molecule has 1 N–H and O–H groups in total. The van der Waals surface area contributed by atoms with Gasteiger partial charge in [0.1, 0.15) is 0 Å². The molecule has 0 spiro atoms. The summed E-state index contributed by atoms with van der Waals surface area (Å²) in [6.45, 7) is 5.01. The van der Waals surface area contributed by atoms with Crippen LogP contribution in [0.25, 0.3) is 16.8 Å². The van der Waals surface area contributed by atoms with Crippen LogP contribution in [0.2, 0.25) is 0 Å². The molecule has 3 nitrogen and oxygen atoms in total. The van der Waals surface area contributed by atoms with Crippen molar-refractivity contribution in [2.45, 2.75) is 32.7 Å². The predicted molar refractivity (Wildman–Crippen MR) is 128 cm³/mol. The number of terminal acetylenes is 1. The molecule has 1 amide bonds. The maximum atomic E-state index is 13.7. The lowest BCUT2D eigenvalue weighted by Gasteiger charge is -2.29. The molecule has 1 saturated heterocycles. The number of nitrogens with zero attached hydrogens (tertiary/aromatic N) is 1. The summed E-state index contributed by atoms with van der Waals surface area (Å²) in [6, 6.07) is 20.5. The number of hydrogen-bond donors (Lipinski definition) is 1. The molecule has 0 aromatic heterocycles. The number of hydrogen-bond acceptors (Lipinski definition) is 2. The van der Waals surface area contributed by atoms with Crippen LogP contribution in [0, 0.1) is 19.8 Å². The second kappa shape index (κ2) is 9.91. The van der Waals surface area contributed by atoms with Crippen LogP contribution < -0.4 is 10.2 Å². The minimum absolute atomic E-state index is 0.120. The van der Waals surface area contributed by atoms with Gasteiger partial charge >= 0.3 is 0 Å². The molecular weight excluding hydrogens is 368 g/mol. The molecule has 0 bridgehead atoms. The zero-order valence-corrected chi connectivity index (χ0v) is 17.6. The van der Waals surface area contributed by atoms with Crippen molar-refractivity contribution in [3.05, 3.63) is 77.9 Å². The molecule has 3 aromatic rings. The fraction of sp³-hybridized carbons (Fsp3) is 0.222. The zero-order chi connectivity index (χ0) is 21.5. The number of allylic oxidation sites excluding steroid dienone is 1. The molecule has 0 aliphatic carbocycles. The van der Waals surface area contributed by atoms with Gasteiger partial charge in [-0.25, -0.2) is 0 Å². The van der Waals surface area contributed by atoms with Gasteiger partial charge in [-0.15, -0.1) is 12.8 Å². The Labute approximate surface area is 179 Å². The largest absolute Gasteiger partial charge is 0.306 e. The zero-order valence-electron chi connectivity index (χ0n) is 17.6. The SMILES string of the molecule is C#C.C/C=C\c1cccc(N(C(=O)[C@H]2CCCN2)c2cccc3ccccc23)c1C. The van der Waals surface area contributed by atoms with Gasteiger partial charge in [0.05, 0.1) is 17.4 Å². The first-order valence-corrected chi connectivity index (χ1v) is 10.3. The summed E-state index contributed by atoms with van der Waals surface area (Å²) in [6.07, 6.45) is 14.1. The van der Waals surface area contributed by atoms with Gasteiger partial charge in [-0.05, 0) is 61.9 Å². The highest BCUT2D eigenvalue weighted by Crippen LogP contribution is 2.36. The summed E-state index contributed by atoms with van der Waals surface area (Å²) in [7, 11) is 0. The maximum absolute atomic E-state index is 13.7. The van der Waals surface area contributed by atoms with Crippen LogP contribution in [0.15, 0.2) is 66.7 Å². The standard InChI is InChI=1S/C25H26N2O.C2H2/c1-3-9-19-11-6-15-23(18(19)2)27(25(28)22-14-8-17-26-22)24-16-7-12-20-10-4-5-13-21(20)24;1-2/h3-7,9-13,15-16,22,26H,8,14,17H2,1-2H3;1-2H/b9-3-;/t22-;/m1./s1. The number of amides is 1. The number of anilines is 2. The molecular formula is C27H28N2O. The Kier molecular flexibility index (Phi) is 7.06. The van der Waals surface area contributed by atoms with Gasteiger partial charge in [0.2, 0.25) is 5.91 Å². The minimum atomic E-state index is -0.135. The summed E-state index contributed by atoms with van der Waals surface area (Å²) in [5.41, 5.74) is 4.14. The second-order valence-corrected chi connectivity index (χ2v) is 7.31. The fourth-order valence-electron chi connectivity index (χ4n) is 4.06. The average Bonchev–Trinajstić information content (AvgIpc) is 3.33. The van der Waals surface area contributed by atoms with Crippen LogP contribution in [0.3, 0.4) is 0 Å². The lowest BCUT2D eigenvalue weighted by atomic mass is 10.0. The number of carbonyl (C=O) groups excluding carboxylic acids is 1. The Balaban J connectivity index is 0.00000124. The molecule has 0 saturated carbocycles. The predicted octanol–water partition coefficient (Wildman–Crippen LogP) is 5.85. The van der Waals surface area contributed by atoms with Crippen LogP contribution in [0.5, 0.6) is 0 Å². The molecule has 1 aliphatic rings. The highest BCUT2D eigenvalue weighted by atomic mass is 16.2. The Morgan fingerprint density at radius 2 is 1.73 bits per heavy atom. The van der Waals surface area contributed by atoms with Crippen LogP contribution in [-0.2, 0) is 4.79 Å². The van der Waals surface area contributed by atoms with Gasteiger partial charge in [0, 0.05) is 5.39 Å². The second-order valence-electron chi connectivity index (χ2n) is 7.31. The minimum Gasteiger partial charge on any atom is -0.306 e. The average molecular weight is 397 g/mol. The van der Waals surface area contributed by atoms with Crippen molar-refractivity contribution in [2.75, 3.05) is 11.4 Å². The summed E-state index contributed by atoms with van der Waals surface area (Å²) in [5.74, 6) is 0.120. The van der Waals surface area contributed by atoms with Crippen LogP contribution in [0.1, 0.15) is 30.9 Å². The van der Waals surface area contributed by atoms with E-state index in [4.69, 9.17) is 0 Å². The first-order valence-electron chi connectivity index (χ1n) is 10.3. The van der Waals surface area contributed by atoms with Crippen molar-refractivity contribution >= 4 is 34.1 Å². The normalized spacial score (nSPS) is 15.7. The third kappa shape index (κ3) is 4.15. The number of fused-ring (bicyclic) bond motifs is 1. The molecule has 3 heteroatoms. The van der Waals surface area contributed by atoms with Crippen molar-refractivity contribution in [3.8, 4) is 12.8 Å². The maximum Gasteiger partial charge on any atom is 0.248 e. The van der Waals surface area contributed by atoms with E-state index in [1.807, 2.05) is 42.2 Å². The smallest absolute Gasteiger partial charge is 0.248 e. The lowest BCUT2D eigenvalue weighted by Crippen LogP contribution is -2.41. The van der Waals surface area contributed by atoms with Crippen molar-refractivity contribution in [2.24, 2.45) is 0 Å². The van der Waals surface area contributed by atoms with E-state index < -0.39 is 0 Å². The Morgan fingerprint density at radius 1 is 1.03 bits per heavy atom. The van der Waals surface area contributed by atoms with E-state index in [1.54, 1.807) is 0 Å². The Hall–Kier alpha value is -3.35. The third-order valence-electron chi connectivity index (χ3n) is 5.52. The van der Waals surface area contributed by atoms with E-state index in [9.17, 15) is 4.79 Å². The topological polar surface area (TPSA) is 32.3 Å². The quantitative estimate of drug-likeness (QED) is 0.561. The number of nitrogens with one attached hydrogen (secondary N) is 1. The van der Waals surface area contributed by atoms with E-state index in [0.29, 0.717) is 0 Å². The van der Waals surface area contributed by atoms with E-state index in [0.717, 1.165) is 52.7 Å². The first kappa shape index (κ1) is 21.4. The summed E-state index contributed by atoms with van der Waals surface area (Å²) < 4.78 is 0. The van der Waals surface area contributed by atoms with Gasteiger partial charge < -0.3 is 5.32 Å². The molecule has 3 aromatic carbocycles. The van der Waals surface area contributed by atoms with E-state index >= 15 is 0 Å². The number of benzene rings is 3. The van der Waals surface area contributed by atoms with E-state index in [2.05, 4.69) is 67.6 Å². The van der Waals surface area contributed by atoms with E-state index in [-0.39, 0.29) is 11.9 Å². The molecule has 0 radical (unpaired) electrons. The number of rotatable bonds is 4. The van der Waals surface area contributed by atoms with Crippen LogP contribution in [-0.4, -0.2) is 18.5 Å². The fourth-order valence-corrected chi connectivity index (χ4v) is 4.06. The molecule has 1 fully saturated rings. The third-order valence-corrected chi connectivity index (χ3v) is 5.52. The molecule has 4 rings (SSSR count). The van der Waals surface area contributed by atoms with Crippen molar-refractivity contribution in [3.63, 3.8) is 0 Å². The van der Waals surface area contributed by atoms with Gasteiger partial charge in [-0.3, -0.25) is 9.69 Å². The summed E-state index contributed by atoms with van der Waals surface area (Å²) in [5, 5.41) is 5.61. The summed E-state index contributed by atoms with van der Waals surface area (Å²) in [4.78, 5) is 15.6. The van der Waals surface area contributed by atoms with Gasteiger partial charge in [-0.2, -0.15) is 0 Å². The van der Waals surface area contributed by atoms with Gasteiger partial charge in [-0.1, -0.05) is 60.7 Å². The molecule has 152 valence electrons. The van der Waals surface area contributed by atoms with Crippen molar-refractivity contribution in [1.29, 1.82) is 0 Å². The molecule has 1 aliphatic heterocycles. The molecule has 0 unspecified atom stereocenters. The van der Waals surface area contributed by atoms with Gasteiger partial charge in [0.25, 0.3) is 0 Å². The molecule has 30 heavy (non-hydrogen) atoms. The highest BCUT2D eigenvalue weighted by Gasteiger charge is 2.30. The monoisotopic (exact) mass is 396 g/mol. The van der Waals surface area contributed by atoms with Crippen molar-refractivity contribution in [1.82, 2.24) is 5.32 Å². The molecule has 1 atom stereocenters. The van der Waals surface area contributed by atoms with Crippen LogP contribution in [0.4, 0.5) is 11.4 Å². The van der Waals surface area contributed by atoms with Crippen molar-refractivity contribution < 1.29 is 4.79 Å². The first-order chi connectivity index (χ1) is 14.7. The van der Waals surface area contributed by atoms with Crippen LogP contribution >= 0.6 is 0 Å². The Bertz CT molecular complexity index is 1070.